The van der Waals surface area contributed by atoms with Crippen LogP contribution in [0.4, 0.5) is 4.79 Å². The molecule has 2 fully saturated rings. The number of hydrogen-bond acceptors (Lipinski definition) is 2. The van der Waals surface area contributed by atoms with Crippen LogP contribution in [0.1, 0.15) is 12.8 Å². The van der Waals surface area contributed by atoms with Gasteiger partial charge < -0.3 is 14.7 Å². The highest BCUT2D eigenvalue weighted by molar-refractivity contribution is 6.30. The number of hydrogen-bond donors (Lipinski definition) is 1. The summed E-state index contributed by atoms with van der Waals surface area (Å²) in [6, 6.07) is 7.39. The van der Waals surface area contributed by atoms with Gasteiger partial charge in [0.2, 0.25) is 0 Å². The maximum atomic E-state index is 10.9. The first kappa shape index (κ1) is 12.6. The summed E-state index contributed by atoms with van der Waals surface area (Å²) < 4.78 is 5.94. The van der Waals surface area contributed by atoms with Crippen LogP contribution in [-0.2, 0) is 0 Å². The van der Waals surface area contributed by atoms with Crippen molar-refractivity contribution in [2.45, 2.75) is 18.9 Å². The van der Waals surface area contributed by atoms with Crippen molar-refractivity contribution in [2.24, 2.45) is 11.8 Å². The predicted octanol–water partition coefficient (Wildman–Crippen LogP) is 3.11. The van der Waals surface area contributed by atoms with Crippen LogP contribution in [-0.4, -0.2) is 35.3 Å². The fourth-order valence-electron chi connectivity index (χ4n) is 3.20. The molecule has 3 atom stereocenters. The predicted molar refractivity (Wildman–Crippen MR) is 71.7 cm³/mol. The van der Waals surface area contributed by atoms with Gasteiger partial charge >= 0.3 is 6.09 Å². The third-order valence-corrected chi connectivity index (χ3v) is 4.35. The van der Waals surface area contributed by atoms with Crippen LogP contribution in [0.15, 0.2) is 24.3 Å². The number of likely N-dealkylation sites (tertiary alicyclic amines) is 1. The lowest BCUT2D eigenvalue weighted by atomic mass is 10.0. The molecule has 2 aliphatic rings. The molecule has 1 aromatic rings. The molecule has 0 aromatic heterocycles. The molecule has 19 heavy (non-hydrogen) atoms. The van der Waals surface area contributed by atoms with Crippen LogP contribution in [0.25, 0.3) is 0 Å². The maximum absolute atomic E-state index is 10.9. The van der Waals surface area contributed by atoms with E-state index in [1.54, 1.807) is 0 Å². The third-order valence-electron chi connectivity index (χ3n) is 4.09. The van der Waals surface area contributed by atoms with Gasteiger partial charge in [-0.2, -0.15) is 0 Å². The first-order valence-electron chi connectivity index (χ1n) is 6.52. The number of ether oxygens (including phenoxy) is 1. The fraction of sp³-hybridized carbons (Fsp3) is 0.500. The van der Waals surface area contributed by atoms with Gasteiger partial charge in [0.1, 0.15) is 5.75 Å². The zero-order chi connectivity index (χ0) is 13.4. The minimum absolute atomic E-state index is 0.201. The van der Waals surface area contributed by atoms with E-state index in [1.807, 2.05) is 24.3 Å². The average Bonchev–Trinajstić information content (AvgIpc) is 2.90. The maximum Gasteiger partial charge on any atom is 0.407 e. The highest BCUT2D eigenvalue weighted by atomic mass is 35.5. The van der Waals surface area contributed by atoms with Crippen LogP contribution in [0, 0.1) is 11.8 Å². The molecule has 102 valence electrons. The van der Waals surface area contributed by atoms with Gasteiger partial charge in [-0.25, -0.2) is 4.79 Å². The molecule has 1 unspecified atom stereocenters. The van der Waals surface area contributed by atoms with Gasteiger partial charge in [0.15, 0.2) is 0 Å². The molecule has 1 aliphatic carbocycles. The molecular weight excluding hydrogens is 266 g/mol. The van der Waals surface area contributed by atoms with E-state index in [-0.39, 0.29) is 6.10 Å². The molecule has 3 rings (SSSR count). The zero-order valence-corrected chi connectivity index (χ0v) is 11.2. The van der Waals surface area contributed by atoms with Crippen molar-refractivity contribution < 1.29 is 14.6 Å². The van der Waals surface area contributed by atoms with Crippen LogP contribution >= 0.6 is 11.6 Å². The highest BCUT2D eigenvalue weighted by Gasteiger charge is 2.43. The van der Waals surface area contributed by atoms with Crippen molar-refractivity contribution in [3.63, 3.8) is 0 Å². The van der Waals surface area contributed by atoms with Gasteiger partial charge in [0, 0.05) is 18.1 Å². The van der Waals surface area contributed by atoms with E-state index in [4.69, 9.17) is 21.4 Å². The Morgan fingerprint density at radius 2 is 1.79 bits per heavy atom. The van der Waals surface area contributed by atoms with Crippen molar-refractivity contribution in [1.29, 1.82) is 0 Å². The Kier molecular flexibility index (Phi) is 3.27. The molecule has 0 bridgehead atoms. The molecule has 1 saturated carbocycles. The summed E-state index contributed by atoms with van der Waals surface area (Å²) in [4.78, 5) is 12.4. The number of benzene rings is 1. The number of fused-ring (bicyclic) bond motifs is 1. The topological polar surface area (TPSA) is 49.8 Å². The van der Waals surface area contributed by atoms with Gasteiger partial charge in [0.05, 0.1) is 6.10 Å². The first-order valence-corrected chi connectivity index (χ1v) is 6.89. The zero-order valence-electron chi connectivity index (χ0n) is 10.5. The highest BCUT2D eigenvalue weighted by Crippen LogP contribution is 2.39. The van der Waals surface area contributed by atoms with Crippen molar-refractivity contribution in [2.75, 3.05) is 13.1 Å². The Morgan fingerprint density at radius 1 is 1.21 bits per heavy atom. The SMILES string of the molecule is O=C(O)N1C[C@H]2CC(Oc3ccc(Cl)cc3)C[C@H]2C1. The molecule has 1 aromatic carbocycles. The summed E-state index contributed by atoms with van der Waals surface area (Å²) in [5.41, 5.74) is 0. The minimum Gasteiger partial charge on any atom is -0.490 e. The number of nitrogens with zero attached hydrogens (tertiary/aromatic N) is 1. The molecule has 1 saturated heterocycles. The second kappa shape index (κ2) is 4.93. The largest absolute Gasteiger partial charge is 0.490 e. The molecule has 4 nitrogen and oxygen atoms in total. The van der Waals surface area contributed by atoms with Gasteiger partial charge in [-0.15, -0.1) is 0 Å². The summed E-state index contributed by atoms with van der Waals surface area (Å²) in [5, 5.41) is 9.68. The van der Waals surface area contributed by atoms with Gasteiger partial charge in [0.25, 0.3) is 0 Å². The summed E-state index contributed by atoms with van der Waals surface area (Å²) in [6.45, 7) is 1.31. The summed E-state index contributed by atoms with van der Waals surface area (Å²) in [5.74, 6) is 1.74. The van der Waals surface area contributed by atoms with Gasteiger partial charge in [-0.3, -0.25) is 0 Å². The smallest absolute Gasteiger partial charge is 0.407 e. The lowest BCUT2D eigenvalue weighted by Crippen LogP contribution is -2.29. The normalized spacial score (nSPS) is 29.3. The fourth-order valence-corrected chi connectivity index (χ4v) is 3.33. The molecule has 1 amide bonds. The number of carbonyl (C=O) groups is 1. The van der Waals surface area contributed by atoms with Gasteiger partial charge in [-0.1, -0.05) is 11.6 Å². The van der Waals surface area contributed by atoms with Crippen molar-refractivity contribution in [3.8, 4) is 5.75 Å². The van der Waals surface area contributed by atoms with E-state index >= 15 is 0 Å². The van der Waals surface area contributed by atoms with Crippen LogP contribution in [0.2, 0.25) is 5.02 Å². The van der Waals surface area contributed by atoms with Crippen LogP contribution in [0.5, 0.6) is 5.75 Å². The Morgan fingerprint density at radius 3 is 2.32 bits per heavy atom. The average molecular weight is 282 g/mol. The Balaban J connectivity index is 1.57. The second-order valence-electron chi connectivity index (χ2n) is 5.37. The van der Waals surface area contributed by atoms with E-state index in [0.29, 0.717) is 29.9 Å². The molecule has 1 N–H and O–H groups in total. The van der Waals surface area contributed by atoms with Gasteiger partial charge in [-0.05, 0) is 48.9 Å². The van der Waals surface area contributed by atoms with Crippen LogP contribution in [0.3, 0.4) is 0 Å². The monoisotopic (exact) mass is 281 g/mol. The van der Waals surface area contributed by atoms with E-state index in [0.717, 1.165) is 18.6 Å². The van der Waals surface area contributed by atoms with E-state index in [9.17, 15) is 4.79 Å². The standard InChI is InChI=1S/C14H16ClNO3/c15-11-1-3-12(4-2-11)19-13-5-9-7-16(14(17)18)8-10(9)6-13/h1-4,9-10,13H,5-8H2,(H,17,18)/t9-,10+,13?. The number of halogens is 1. The molecule has 0 radical (unpaired) electrons. The Hall–Kier alpha value is -1.42. The lowest BCUT2D eigenvalue weighted by Gasteiger charge is -2.17. The Labute approximate surface area is 116 Å². The number of carboxylic acid groups (broad SMARTS) is 1. The molecule has 5 heteroatoms. The summed E-state index contributed by atoms with van der Waals surface area (Å²) in [6.07, 6.45) is 1.28. The quantitative estimate of drug-likeness (QED) is 0.906. The molecular formula is C14H16ClNO3. The second-order valence-corrected chi connectivity index (χ2v) is 5.81. The summed E-state index contributed by atoms with van der Waals surface area (Å²) in [7, 11) is 0. The number of amides is 1. The number of rotatable bonds is 2. The van der Waals surface area contributed by atoms with Crippen LogP contribution < -0.4 is 4.74 Å². The Bertz CT molecular complexity index is 462. The minimum atomic E-state index is -0.801. The molecule has 1 heterocycles. The summed E-state index contributed by atoms with van der Waals surface area (Å²) >= 11 is 5.84. The molecule has 0 spiro atoms. The van der Waals surface area contributed by atoms with Crippen molar-refractivity contribution in [1.82, 2.24) is 4.90 Å². The van der Waals surface area contributed by atoms with E-state index in [2.05, 4.69) is 0 Å². The lowest BCUT2D eigenvalue weighted by molar-refractivity contribution is 0.144. The van der Waals surface area contributed by atoms with Crippen molar-refractivity contribution in [3.05, 3.63) is 29.3 Å². The van der Waals surface area contributed by atoms with E-state index in [1.165, 1.54) is 4.90 Å². The molecule has 1 aliphatic heterocycles. The van der Waals surface area contributed by atoms with E-state index < -0.39 is 6.09 Å². The third kappa shape index (κ3) is 2.63. The first-order chi connectivity index (χ1) is 9.11. The van der Waals surface area contributed by atoms with Crippen molar-refractivity contribution >= 4 is 17.7 Å².